The van der Waals surface area contributed by atoms with Crippen molar-refractivity contribution >= 4 is 11.6 Å². The van der Waals surface area contributed by atoms with Crippen molar-refractivity contribution in [2.24, 2.45) is 5.73 Å². The molecule has 2 aromatic rings. The van der Waals surface area contributed by atoms with Gasteiger partial charge in [-0.15, -0.1) is 10.2 Å². The largest absolute Gasteiger partial charge is 0.345 e. The molecule has 1 unspecified atom stereocenters. The van der Waals surface area contributed by atoms with Crippen molar-refractivity contribution in [3.8, 4) is 0 Å². The highest BCUT2D eigenvalue weighted by atomic mass is 16.2. The molecule has 18 heavy (non-hydrogen) atoms. The lowest BCUT2D eigenvalue weighted by molar-refractivity contribution is -0.125. The van der Waals surface area contributed by atoms with Gasteiger partial charge in [-0.2, -0.15) is 0 Å². The van der Waals surface area contributed by atoms with Crippen LogP contribution in [0.3, 0.4) is 0 Å². The molecule has 2 heterocycles. The van der Waals surface area contributed by atoms with Gasteiger partial charge in [0, 0.05) is 6.20 Å². The predicted molar refractivity (Wildman–Crippen MR) is 67.8 cm³/mol. The van der Waals surface area contributed by atoms with Gasteiger partial charge in [0.1, 0.15) is 0 Å². The Balaban J connectivity index is 2.24. The quantitative estimate of drug-likeness (QED) is 0.833. The minimum absolute atomic E-state index is 0.220. The van der Waals surface area contributed by atoms with E-state index in [9.17, 15) is 4.79 Å². The van der Waals surface area contributed by atoms with E-state index in [1.165, 1.54) is 0 Å². The normalized spacial score (nSPS) is 13.6. The molecular weight excluding hydrogens is 230 g/mol. The Kier molecular flexibility index (Phi) is 3.04. The number of aromatic nitrogens is 3. The Morgan fingerprint density at radius 2 is 2.17 bits per heavy atom. The molecule has 0 aliphatic heterocycles. The van der Waals surface area contributed by atoms with Crippen LogP contribution in [-0.2, 0) is 4.79 Å². The number of amides is 1. The summed E-state index contributed by atoms with van der Waals surface area (Å²) < 4.78 is 1.84. The van der Waals surface area contributed by atoms with E-state index in [2.05, 4.69) is 15.5 Å². The second-order valence-electron chi connectivity index (χ2n) is 4.90. The van der Waals surface area contributed by atoms with Crippen LogP contribution in [0.25, 0.3) is 5.65 Å². The van der Waals surface area contributed by atoms with Crippen LogP contribution < -0.4 is 11.1 Å². The summed E-state index contributed by atoms with van der Waals surface area (Å²) in [5.74, 6) is 0.464. The van der Waals surface area contributed by atoms with Gasteiger partial charge in [-0.1, -0.05) is 6.07 Å². The number of carbonyl (C=O) groups excluding carboxylic acids is 1. The maximum absolute atomic E-state index is 11.8. The Morgan fingerprint density at radius 1 is 1.44 bits per heavy atom. The maximum atomic E-state index is 11.8. The van der Waals surface area contributed by atoms with E-state index in [4.69, 9.17) is 5.73 Å². The van der Waals surface area contributed by atoms with Gasteiger partial charge in [-0.05, 0) is 32.9 Å². The first-order chi connectivity index (χ1) is 8.39. The third kappa shape index (κ3) is 2.33. The molecule has 0 fully saturated rings. The minimum atomic E-state index is -0.908. The number of hydrogen-bond donors (Lipinski definition) is 2. The van der Waals surface area contributed by atoms with E-state index >= 15 is 0 Å². The summed E-state index contributed by atoms with van der Waals surface area (Å²) in [7, 11) is 0. The lowest BCUT2D eigenvalue weighted by Gasteiger charge is -2.20. The number of fused-ring (bicyclic) bond motifs is 1. The van der Waals surface area contributed by atoms with Crippen LogP contribution in [0.15, 0.2) is 24.4 Å². The summed E-state index contributed by atoms with van der Waals surface area (Å²) in [5, 5.41) is 11.0. The molecule has 1 amide bonds. The van der Waals surface area contributed by atoms with Crippen molar-refractivity contribution in [3.63, 3.8) is 0 Å². The second-order valence-corrected chi connectivity index (χ2v) is 4.90. The van der Waals surface area contributed by atoms with Crippen LogP contribution in [0.5, 0.6) is 0 Å². The van der Waals surface area contributed by atoms with Crippen molar-refractivity contribution < 1.29 is 4.79 Å². The number of rotatable bonds is 3. The number of nitrogens with two attached hydrogens (primary N) is 1. The highest BCUT2D eigenvalue weighted by Gasteiger charge is 2.25. The fourth-order valence-corrected chi connectivity index (χ4v) is 1.60. The lowest BCUT2D eigenvalue weighted by atomic mass is 10.1. The molecule has 0 aliphatic carbocycles. The Hall–Kier alpha value is -1.95. The zero-order chi connectivity index (χ0) is 13.3. The molecule has 2 rings (SSSR count). The molecule has 6 nitrogen and oxygen atoms in total. The molecule has 3 N–H and O–H groups in total. The minimum Gasteiger partial charge on any atom is -0.345 e. The number of nitrogens with zero attached hydrogens (tertiary/aromatic N) is 3. The molecule has 2 aromatic heterocycles. The lowest BCUT2D eigenvalue weighted by Crippen LogP contribution is -2.49. The van der Waals surface area contributed by atoms with Gasteiger partial charge in [-0.25, -0.2) is 0 Å². The number of hydrogen-bond acceptors (Lipinski definition) is 4. The molecule has 0 spiro atoms. The average Bonchev–Trinajstić information content (AvgIpc) is 2.71. The molecule has 6 heteroatoms. The number of pyridine rings is 1. The summed E-state index contributed by atoms with van der Waals surface area (Å²) in [6, 6.07) is 5.39. The first kappa shape index (κ1) is 12.5. The van der Waals surface area contributed by atoms with Crippen molar-refractivity contribution in [3.05, 3.63) is 30.2 Å². The third-order valence-electron chi connectivity index (χ3n) is 2.66. The molecule has 1 atom stereocenters. The van der Waals surface area contributed by atoms with Crippen molar-refractivity contribution in [1.29, 1.82) is 0 Å². The average molecular weight is 247 g/mol. The fourth-order valence-electron chi connectivity index (χ4n) is 1.60. The maximum Gasteiger partial charge on any atom is 0.240 e. The summed E-state index contributed by atoms with van der Waals surface area (Å²) in [5.41, 5.74) is 5.58. The Labute approximate surface area is 105 Å². The highest BCUT2D eigenvalue weighted by Crippen LogP contribution is 2.12. The summed E-state index contributed by atoms with van der Waals surface area (Å²) >= 11 is 0. The van der Waals surface area contributed by atoms with Crippen LogP contribution >= 0.6 is 0 Å². The van der Waals surface area contributed by atoms with Gasteiger partial charge in [0.2, 0.25) is 5.91 Å². The zero-order valence-electron chi connectivity index (χ0n) is 10.7. The fraction of sp³-hybridized carbons (Fsp3) is 0.417. The van der Waals surface area contributed by atoms with Gasteiger partial charge < -0.3 is 11.1 Å². The Bertz CT molecular complexity index is 569. The van der Waals surface area contributed by atoms with Gasteiger partial charge >= 0.3 is 0 Å². The zero-order valence-corrected chi connectivity index (χ0v) is 10.7. The van der Waals surface area contributed by atoms with Crippen molar-refractivity contribution in [2.75, 3.05) is 0 Å². The van der Waals surface area contributed by atoms with Gasteiger partial charge in [0.25, 0.3) is 0 Å². The molecule has 0 saturated heterocycles. The van der Waals surface area contributed by atoms with Crippen LogP contribution in [0.4, 0.5) is 0 Å². The first-order valence-electron chi connectivity index (χ1n) is 5.79. The van der Waals surface area contributed by atoms with E-state index in [-0.39, 0.29) is 11.9 Å². The Morgan fingerprint density at radius 3 is 2.83 bits per heavy atom. The van der Waals surface area contributed by atoms with Crippen LogP contribution in [0.1, 0.15) is 32.6 Å². The first-order valence-corrected chi connectivity index (χ1v) is 5.79. The van der Waals surface area contributed by atoms with Gasteiger partial charge in [0.05, 0.1) is 11.6 Å². The van der Waals surface area contributed by atoms with E-state index in [0.717, 1.165) is 5.65 Å². The second kappa shape index (κ2) is 4.38. The van der Waals surface area contributed by atoms with Crippen LogP contribution in [0.2, 0.25) is 0 Å². The summed E-state index contributed by atoms with van der Waals surface area (Å²) in [6.07, 6.45) is 1.86. The van der Waals surface area contributed by atoms with E-state index in [0.29, 0.717) is 5.82 Å². The highest BCUT2D eigenvalue weighted by molar-refractivity contribution is 5.85. The standard InChI is InChI=1S/C12H17N5O/c1-8(14-11(18)12(2,3)13)10-16-15-9-6-4-5-7-17(9)10/h4-8H,13H2,1-3H3,(H,14,18). The SMILES string of the molecule is CC(NC(=O)C(C)(C)N)c1nnc2ccccn12. The molecule has 96 valence electrons. The van der Waals surface area contributed by atoms with Crippen molar-refractivity contribution in [1.82, 2.24) is 19.9 Å². The number of carbonyl (C=O) groups is 1. The van der Waals surface area contributed by atoms with Crippen LogP contribution in [0, 0.1) is 0 Å². The van der Waals surface area contributed by atoms with Crippen LogP contribution in [-0.4, -0.2) is 26.0 Å². The van der Waals surface area contributed by atoms with Gasteiger partial charge in [-0.3, -0.25) is 9.20 Å². The van der Waals surface area contributed by atoms with E-state index < -0.39 is 5.54 Å². The third-order valence-corrected chi connectivity index (χ3v) is 2.66. The molecular formula is C12H17N5O. The molecule has 0 aliphatic rings. The smallest absolute Gasteiger partial charge is 0.240 e. The number of nitrogens with one attached hydrogen (secondary N) is 1. The molecule has 0 saturated carbocycles. The topological polar surface area (TPSA) is 85.3 Å². The van der Waals surface area contributed by atoms with Gasteiger partial charge in [0.15, 0.2) is 11.5 Å². The predicted octanol–water partition coefficient (Wildman–Crippen LogP) is 0.644. The van der Waals surface area contributed by atoms with E-state index in [1.807, 2.05) is 35.7 Å². The summed E-state index contributed by atoms with van der Waals surface area (Å²) in [6.45, 7) is 5.18. The van der Waals surface area contributed by atoms with Crippen molar-refractivity contribution in [2.45, 2.75) is 32.4 Å². The van der Waals surface area contributed by atoms with E-state index in [1.54, 1.807) is 13.8 Å². The monoisotopic (exact) mass is 247 g/mol. The molecule has 0 bridgehead atoms. The molecule has 0 aromatic carbocycles. The summed E-state index contributed by atoms with van der Waals surface area (Å²) in [4.78, 5) is 11.8. The molecule has 0 radical (unpaired) electrons.